The molecule has 5 nitrogen and oxygen atoms in total. The fraction of sp³-hybridized carbons (Fsp3) is 0. The second-order valence-electron chi connectivity index (χ2n) is 4.33. The molecule has 4 N–H and O–H groups in total. The van der Waals surface area contributed by atoms with Gasteiger partial charge < -0.3 is 11.5 Å². The van der Waals surface area contributed by atoms with Gasteiger partial charge in [0.1, 0.15) is 5.82 Å². The van der Waals surface area contributed by atoms with E-state index in [1.807, 2.05) is 24.3 Å². The highest BCUT2D eigenvalue weighted by Gasteiger charge is 2.13. The Morgan fingerprint density at radius 2 is 1.30 bits per heavy atom. The van der Waals surface area contributed by atoms with Crippen LogP contribution in [0.1, 0.15) is 0 Å². The van der Waals surface area contributed by atoms with Crippen LogP contribution in [0.5, 0.6) is 0 Å². The molecule has 20 heavy (non-hydrogen) atoms. The topological polar surface area (TPSA) is 90.7 Å². The monoisotopic (exact) mass is 263 g/mol. The lowest BCUT2D eigenvalue weighted by Gasteiger charge is -2.13. The number of anilines is 2. The lowest BCUT2D eigenvalue weighted by Crippen LogP contribution is -2.00. The lowest BCUT2D eigenvalue weighted by atomic mass is 9.99. The Morgan fingerprint density at radius 3 is 1.90 bits per heavy atom. The number of nitrogens with zero attached hydrogens (tertiary/aromatic N) is 3. The molecule has 0 spiro atoms. The van der Waals surface area contributed by atoms with Crippen molar-refractivity contribution in [2.75, 3.05) is 11.5 Å². The van der Waals surface area contributed by atoms with Gasteiger partial charge in [-0.3, -0.25) is 9.97 Å². The van der Waals surface area contributed by atoms with E-state index in [4.69, 9.17) is 11.5 Å². The maximum Gasteiger partial charge on any atom is 0.126 e. The summed E-state index contributed by atoms with van der Waals surface area (Å²) in [4.78, 5) is 12.5. The molecule has 0 radical (unpaired) electrons. The zero-order chi connectivity index (χ0) is 13.9. The van der Waals surface area contributed by atoms with Gasteiger partial charge in [-0.25, -0.2) is 4.98 Å². The third kappa shape index (κ3) is 2.16. The maximum absolute atomic E-state index is 6.14. The molecule has 0 atom stereocenters. The summed E-state index contributed by atoms with van der Waals surface area (Å²) in [6.07, 6.45) is 6.88. The maximum atomic E-state index is 6.14. The minimum atomic E-state index is 0.395. The predicted molar refractivity (Wildman–Crippen MR) is 79.5 cm³/mol. The molecule has 3 aromatic heterocycles. The second-order valence-corrected chi connectivity index (χ2v) is 4.33. The van der Waals surface area contributed by atoms with Gasteiger partial charge in [0, 0.05) is 47.7 Å². The van der Waals surface area contributed by atoms with Crippen LogP contribution in [0.4, 0.5) is 11.5 Å². The van der Waals surface area contributed by atoms with Gasteiger partial charge in [0.05, 0.1) is 5.69 Å². The van der Waals surface area contributed by atoms with Crippen LogP contribution in [0, 0.1) is 0 Å². The van der Waals surface area contributed by atoms with Gasteiger partial charge in [-0.05, 0) is 29.8 Å². The Balaban J connectivity index is 2.29. The molecule has 0 aliphatic carbocycles. The summed E-state index contributed by atoms with van der Waals surface area (Å²) in [5.74, 6) is 0.395. The SMILES string of the molecule is Nc1cc(N)c(-c2ccncc2)c(-c2ccncc2)n1. The quantitative estimate of drug-likeness (QED) is 0.740. The number of nitrogen functional groups attached to an aromatic ring is 2. The van der Waals surface area contributed by atoms with Crippen LogP contribution in [-0.2, 0) is 0 Å². The zero-order valence-corrected chi connectivity index (χ0v) is 10.7. The summed E-state index contributed by atoms with van der Waals surface area (Å²) in [5, 5.41) is 0. The Hall–Kier alpha value is -2.95. The van der Waals surface area contributed by atoms with Crippen molar-refractivity contribution in [3.63, 3.8) is 0 Å². The summed E-state index contributed by atoms with van der Waals surface area (Å²) in [5.41, 5.74) is 16.0. The van der Waals surface area contributed by atoms with E-state index in [-0.39, 0.29) is 0 Å². The van der Waals surface area contributed by atoms with E-state index < -0.39 is 0 Å². The fourth-order valence-corrected chi connectivity index (χ4v) is 2.13. The summed E-state index contributed by atoms with van der Waals surface area (Å²) in [7, 11) is 0. The highest BCUT2D eigenvalue weighted by atomic mass is 14.9. The summed E-state index contributed by atoms with van der Waals surface area (Å²) in [6.45, 7) is 0. The number of nitrogens with two attached hydrogens (primary N) is 2. The molecule has 0 saturated heterocycles. The third-order valence-electron chi connectivity index (χ3n) is 2.99. The van der Waals surface area contributed by atoms with E-state index in [9.17, 15) is 0 Å². The van der Waals surface area contributed by atoms with Gasteiger partial charge in [0.2, 0.25) is 0 Å². The van der Waals surface area contributed by atoms with Crippen LogP contribution in [-0.4, -0.2) is 15.0 Å². The van der Waals surface area contributed by atoms with Crippen molar-refractivity contribution < 1.29 is 0 Å². The molecular formula is C15H13N5. The molecule has 0 amide bonds. The van der Waals surface area contributed by atoms with Crippen molar-refractivity contribution in [1.82, 2.24) is 15.0 Å². The van der Waals surface area contributed by atoms with Crippen LogP contribution in [0.3, 0.4) is 0 Å². The standard InChI is InChI=1S/C15H13N5/c16-12-9-13(17)20-15(11-3-7-19-8-4-11)14(12)10-1-5-18-6-2-10/h1-9H,(H4,16,17,20). The van der Waals surface area contributed by atoms with Crippen molar-refractivity contribution in [3.8, 4) is 22.4 Å². The normalized spacial score (nSPS) is 10.4. The number of hydrogen-bond donors (Lipinski definition) is 2. The molecule has 3 aromatic rings. The van der Waals surface area contributed by atoms with Gasteiger partial charge in [-0.2, -0.15) is 0 Å². The first-order valence-corrected chi connectivity index (χ1v) is 6.12. The Morgan fingerprint density at radius 1 is 0.750 bits per heavy atom. The highest BCUT2D eigenvalue weighted by Crippen LogP contribution is 2.35. The van der Waals surface area contributed by atoms with E-state index in [0.29, 0.717) is 11.5 Å². The van der Waals surface area contributed by atoms with Crippen molar-refractivity contribution in [2.45, 2.75) is 0 Å². The molecular weight excluding hydrogens is 250 g/mol. The molecule has 0 saturated carbocycles. The molecule has 0 unspecified atom stereocenters. The number of pyridine rings is 3. The number of aromatic nitrogens is 3. The average Bonchev–Trinajstić information content (AvgIpc) is 2.48. The third-order valence-corrected chi connectivity index (χ3v) is 2.99. The van der Waals surface area contributed by atoms with Gasteiger partial charge >= 0.3 is 0 Å². The van der Waals surface area contributed by atoms with E-state index in [0.717, 1.165) is 22.4 Å². The minimum Gasteiger partial charge on any atom is -0.398 e. The molecule has 98 valence electrons. The molecule has 0 fully saturated rings. The largest absolute Gasteiger partial charge is 0.398 e. The highest BCUT2D eigenvalue weighted by molar-refractivity contribution is 5.89. The van der Waals surface area contributed by atoms with Crippen molar-refractivity contribution in [3.05, 3.63) is 55.1 Å². The molecule has 0 aromatic carbocycles. The summed E-state index contributed by atoms with van der Waals surface area (Å²) in [6, 6.07) is 9.22. The molecule has 3 heterocycles. The Bertz CT molecular complexity index is 726. The van der Waals surface area contributed by atoms with Crippen molar-refractivity contribution >= 4 is 11.5 Å². The zero-order valence-electron chi connectivity index (χ0n) is 10.7. The van der Waals surface area contributed by atoms with Crippen LogP contribution in [0.25, 0.3) is 22.4 Å². The second kappa shape index (κ2) is 4.97. The smallest absolute Gasteiger partial charge is 0.126 e. The van der Waals surface area contributed by atoms with Crippen LogP contribution < -0.4 is 11.5 Å². The van der Waals surface area contributed by atoms with Crippen molar-refractivity contribution in [1.29, 1.82) is 0 Å². The van der Waals surface area contributed by atoms with Gasteiger partial charge in [-0.15, -0.1) is 0 Å². The molecule has 0 aliphatic rings. The first kappa shape index (κ1) is 12.1. The van der Waals surface area contributed by atoms with Crippen LogP contribution in [0.2, 0.25) is 0 Å². The van der Waals surface area contributed by atoms with Gasteiger partial charge in [0.25, 0.3) is 0 Å². The molecule has 0 aliphatic heterocycles. The predicted octanol–water partition coefficient (Wildman–Crippen LogP) is 2.37. The Kier molecular flexibility index (Phi) is 3.01. The Labute approximate surface area is 116 Å². The first-order chi connectivity index (χ1) is 9.75. The van der Waals surface area contributed by atoms with Gasteiger partial charge in [-0.1, -0.05) is 0 Å². The van der Waals surface area contributed by atoms with E-state index >= 15 is 0 Å². The van der Waals surface area contributed by atoms with Crippen LogP contribution in [0.15, 0.2) is 55.1 Å². The van der Waals surface area contributed by atoms with Crippen molar-refractivity contribution in [2.24, 2.45) is 0 Å². The molecule has 5 heteroatoms. The minimum absolute atomic E-state index is 0.395. The van der Waals surface area contributed by atoms with E-state index in [1.165, 1.54) is 0 Å². The lowest BCUT2D eigenvalue weighted by molar-refractivity contribution is 1.28. The van der Waals surface area contributed by atoms with E-state index in [1.54, 1.807) is 30.9 Å². The van der Waals surface area contributed by atoms with Crippen LogP contribution >= 0.6 is 0 Å². The average molecular weight is 263 g/mol. The molecule has 3 rings (SSSR count). The summed E-state index contributed by atoms with van der Waals surface area (Å²) < 4.78 is 0. The first-order valence-electron chi connectivity index (χ1n) is 6.12. The molecule has 0 bridgehead atoms. The van der Waals surface area contributed by atoms with Gasteiger partial charge in [0.15, 0.2) is 0 Å². The number of rotatable bonds is 2. The van der Waals surface area contributed by atoms with E-state index in [2.05, 4.69) is 15.0 Å². The summed E-state index contributed by atoms with van der Waals surface area (Å²) >= 11 is 0. The number of hydrogen-bond acceptors (Lipinski definition) is 5. The fourth-order valence-electron chi connectivity index (χ4n) is 2.13.